The number of fused-ring (bicyclic) bond motifs is 1. The van der Waals surface area contributed by atoms with Gasteiger partial charge < -0.3 is 5.11 Å². The maximum absolute atomic E-state index is 10.5. The van der Waals surface area contributed by atoms with Crippen molar-refractivity contribution in [3.63, 3.8) is 0 Å². The van der Waals surface area contributed by atoms with Crippen LogP contribution in [0.4, 0.5) is 0 Å². The van der Waals surface area contributed by atoms with E-state index < -0.39 is 5.97 Å². The van der Waals surface area contributed by atoms with Gasteiger partial charge >= 0.3 is 5.97 Å². The first-order chi connectivity index (χ1) is 8.22. The molecule has 1 aromatic heterocycles. The Morgan fingerprint density at radius 1 is 1.47 bits per heavy atom. The van der Waals surface area contributed by atoms with Gasteiger partial charge in [0.2, 0.25) is 0 Å². The number of carboxylic acids is 1. The lowest BCUT2D eigenvalue weighted by molar-refractivity contribution is -0.136. The van der Waals surface area contributed by atoms with E-state index in [1.807, 2.05) is 12.1 Å². The molecule has 0 unspecified atom stereocenters. The molecule has 1 heterocycles. The van der Waals surface area contributed by atoms with Gasteiger partial charge in [0, 0.05) is 12.3 Å². The molecule has 1 N–H and O–H groups in total. The summed E-state index contributed by atoms with van der Waals surface area (Å²) in [7, 11) is 0. The minimum atomic E-state index is -0.748. The third-order valence-corrected chi connectivity index (χ3v) is 4.22. The molecule has 0 spiro atoms. The number of benzene rings is 1. The zero-order valence-electron chi connectivity index (χ0n) is 9.35. The van der Waals surface area contributed by atoms with E-state index in [1.165, 1.54) is 22.5 Å². The Hall–Kier alpha value is -1.42. The molecule has 0 amide bonds. The molecule has 1 aromatic carbocycles. The van der Waals surface area contributed by atoms with Crippen molar-refractivity contribution >= 4 is 27.5 Å². The molecule has 2 aromatic rings. The highest BCUT2D eigenvalue weighted by Crippen LogP contribution is 2.43. The fourth-order valence-corrected chi connectivity index (χ4v) is 3.02. The molecule has 3 nitrogen and oxygen atoms in total. The predicted molar refractivity (Wildman–Crippen MR) is 67.6 cm³/mol. The Labute approximate surface area is 103 Å². The van der Waals surface area contributed by atoms with Gasteiger partial charge in [-0.25, -0.2) is 4.98 Å². The third-order valence-electron chi connectivity index (χ3n) is 3.02. The first kappa shape index (κ1) is 10.7. The van der Waals surface area contributed by atoms with Gasteiger partial charge in [-0.1, -0.05) is 6.07 Å². The SMILES string of the molecule is O=C(O)CCc1ccc2sc(C3CC3)nc2c1. The summed E-state index contributed by atoms with van der Waals surface area (Å²) in [6, 6.07) is 6.11. The summed E-state index contributed by atoms with van der Waals surface area (Å²) >= 11 is 1.77. The minimum Gasteiger partial charge on any atom is -0.481 e. The van der Waals surface area contributed by atoms with E-state index in [-0.39, 0.29) is 6.42 Å². The van der Waals surface area contributed by atoms with Crippen molar-refractivity contribution in [2.24, 2.45) is 0 Å². The third kappa shape index (κ3) is 2.31. The van der Waals surface area contributed by atoms with Gasteiger partial charge in [-0.05, 0) is 37.0 Å². The lowest BCUT2D eigenvalue weighted by Gasteiger charge is -1.97. The Morgan fingerprint density at radius 2 is 2.29 bits per heavy atom. The molecule has 0 aliphatic heterocycles. The Kier molecular flexibility index (Phi) is 2.59. The van der Waals surface area contributed by atoms with E-state index >= 15 is 0 Å². The highest BCUT2D eigenvalue weighted by molar-refractivity contribution is 7.18. The first-order valence-electron chi connectivity index (χ1n) is 5.83. The van der Waals surface area contributed by atoms with Crippen LogP contribution < -0.4 is 0 Å². The number of rotatable bonds is 4. The molecule has 0 saturated heterocycles. The number of hydrogen-bond acceptors (Lipinski definition) is 3. The minimum absolute atomic E-state index is 0.186. The van der Waals surface area contributed by atoms with Gasteiger partial charge in [-0.2, -0.15) is 0 Å². The van der Waals surface area contributed by atoms with Gasteiger partial charge in [0.15, 0.2) is 0 Å². The quantitative estimate of drug-likeness (QED) is 0.902. The summed E-state index contributed by atoms with van der Waals surface area (Å²) in [5, 5.41) is 9.91. The smallest absolute Gasteiger partial charge is 0.303 e. The molecule has 0 bridgehead atoms. The van der Waals surface area contributed by atoms with Crippen LogP contribution in [0, 0.1) is 0 Å². The van der Waals surface area contributed by atoms with Crippen LogP contribution in [0.15, 0.2) is 18.2 Å². The van der Waals surface area contributed by atoms with E-state index in [1.54, 1.807) is 11.3 Å². The van der Waals surface area contributed by atoms with Crippen molar-refractivity contribution in [1.29, 1.82) is 0 Å². The monoisotopic (exact) mass is 247 g/mol. The summed E-state index contributed by atoms with van der Waals surface area (Å²) in [5.74, 6) is -0.0584. The summed E-state index contributed by atoms with van der Waals surface area (Å²) in [4.78, 5) is 15.2. The standard InChI is InChI=1S/C13H13NO2S/c15-12(16)6-2-8-1-5-11-10(7-8)14-13(17-11)9-3-4-9/h1,5,7,9H,2-4,6H2,(H,15,16). The lowest BCUT2D eigenvalue weighted by Crippen LogP contribution is -1.97. The van der Waals surface area contributed by atoms with E-state index in [9.17, 15) is 4.79 Å². The molecule has 17 heavy (non-hydrogen) atoms. The number of carbonyl (C=O) groups is 1. The van der Waals surface area contributed by atoms with Crippen molar-refractivity contribution in [1.82, 2.24) is 4.98 Å². The van der Waals surface area contributed by atoms with Crippen LogP contribution in [0.1, 0.15) is 35.8 Å². The van der Waals surface area contributed by atoms with Crippen molar-refractivity contribution in [3.05, 3.63) is 28.8 Å². The molecule has 3 rings (SSSR count). The van der Waals surface area contributed by atoms with Gasteiger partial charge in [0.05, 0.1) is 15.2 Å². The highest BCUT2D eigenvalue weighted by atomic mass is 32.1. The van der Waals surface area contributed by atoms with Crippen molar-refractivity contribution in [3.8, 4) is 0 Å². The second-order valence-corrected chi connectivity index (χ2v) is 5.58. The molecule has 88 valence electrons. The largest absolute Gasteiger partial charge is 0.481 e. The number of aliphatic carboxylic acids is 1. The second kappa shape index (κ2) is 4.11. The van der Waals surface area contributed by atoms with Crippen LogP contribution in [-0.4, -0.2) is 16.1 Å². The topological polar surface area (TPSA) is 50.2 Å². The normalized spacial score (nSPS) is 15.3. The summed E-state index contributed by atoms with van der Waals surface area (Å²) in [6.07, 6.45) is 3.31. The number of aromatic nitrogens is 1. The molecule has 0 radical (unpaired) electrons. The zero-order chi connectivity index (χ0) is 11.8. The average molecular weight is 247 g/mol. The number of hydrogen-bond donors (Lipinski definition) is 1. The Bertz CT molecular complexity index is 572. The van der Waals surface area contributed by atoms with Crippen molar-refractivity contribution in [2.45, 2.75) is 31.6 Å². The highest BCUT2D eigenvalue weighted by Gasteiger charge is 2.26. The molecule has 1 aliphatic rings. The van der Waals surface area contributed by atoms with Crippen LogP contribution in [0.3, 0.4) is 0 Å². The number of thiazole rings is 1. The fourth-order valence-electron chi connectivity index (χ4n) is 1.90. The van der Waals surface area contributed by atoms with Crippen molar-refractivity contribution < 1.29 is 9.90 Å². The van der Waals surface area contributed by atoms with Crippen LogP contribution >= 0.6 is 11.3 Å². The maximum Gasteiger partial charge on any atom is 0.303 e. The van der Waals surface area contributed by atoms with E-state index in [0.29, 0.717) is 12.3 Å². The summed E-state index contributed by atoms with van der Waals surface area (Å²) in [5.41, 5.74) is 2.09. The van der Waals surface area contributed by atoms with Gasteiger partial charge in [-0.3, -0.25) is 4.79 Å². The van der Waals surface area contributed by atoms with Crippen LogP contribution in [0.5, 0.6) is 0 Å². The second-order valence-electron chi connectivity index (χ2n) is 4.52. The van der Waals surface area contributed by atoms with E-state index in [4.69, 9.17) is 5.11 Å². The Balaban J connectivity index is 1.86. The predicted octanol–water partition coefficient (Wildman–Crippen LogP) is 3.19. The zero-order valence-corrected chi connectivity index (χ0v) is 10.2. The van der Waals surface area contributed by atoms with Crippen molar-refractivity contribution in [2.75, 3.05) is 0 Å². The summed E-state index contributed by atoms with van der Waals surface area (Å²) < 4.78 is 1.21. The molecular formula is C13H13NO2S. The van der Waals surface area contributed by atoms with E-state index in [2.05, 4.69) is 11.1 Å². The first-order valence-corrected chi connectivity index (χ1v) is 6.65. The van der Waals surface area contributed by atoms with Crippen LogP contribution in [0.2, 0.25) is 0 Å². The molecule has 4 heteroatoms. The van der Waals surface area contributed by atoms with Gasteiger partial charge in [-0.15, -0.1) is 11.3 Å². The fraction of sp³-hybridized carbons (Fsp3) is 0.385. The average Bonchev–Trinajstić information content (AvgIpc) is 3.06. The van der Waals surface area contributed by atoms with Gasteiger partial charge in [0.25, 0.3) is 0 Å². The van der Waals surface area contributed by atoms with Gasteiger partial charge in [0.1, 0.15) is 0 Å². The lowest BCUT2D eigenvalue weighted by atomic mass is 10.1. The molecule has 1 saturated carbocycles. The molecule has 1 aliphatic carbocycles. The Morgan fingerprint density at radius 3 is 3.00 bits per heavy atom. The number of nitrogens with zero attached hydrogens (tertiary/aromatic N) is 1. The summed E-state index contributed by atoms with van der Waals surface area (Å²) in [6.45, 7) is 0. The maximum atomic E-state index is 10.5. The van der Waals surface area contributed by atoms with Crippen LogP contribution in [-0.2, 0) is 11.2 Å². The molecular weight excluding hydrogens is 234 g/mol. The molecule has 0 atom stereocenters. The number of carboxylic acid groups (broad SMARTS) is 1. The van der Waals surface area contributed by atoms with Crippen LogP contribution in [0.25, 0.3) is 10.2 Å². The molecule has 1 fully saturated rings. The van der Waals surface area contributed by atoms with E-state index in [0.717, 1.165) is 11.1 Å². The number of aryl methyl sites for hydroxylation is 1.